The third kappa shape index (κ3) is 5.14. The van der Waals surface area contributed by atoms with Crippen molar-refractivity contribution in [2.45, 2.75) is 19.9 Å². The van der Waals surface area contributed by atoms with Gasteiger partial charge in [0, 0.05) is 29.9 Å². The molecule has 4 rings (SSSR count). The predicted molar refractivity (Wildman–Crippen MR) is 116 cm³/mol. The number of carbonyl (C=O) groups excluding carboxylic acids is 1. The van der Waals surface area contributed by atoms with E-state index in [1.54, 1.807) is 0 Å². The number of hydrogen-bond acceptors (Lipinski definition) is 4. The third-order valence-corrected chi connectivity index (χ3v) is 5.07. The second-order valence-electron chi connectivity index (χ2n) is 7.47. The highest BCUT2D eigenvalue weighted by molar-refractivity contribution is 5.90. The number of aromatic nitrogens is 2. The summed E-state index contributed by atoms with van der Waals surface area (Å²) < 4.78 is 1.92. The van der Waals surface area contributed by atoms with Crippen LogP contribution in [0.25, 0.3) is 10.9 Å². The van der Waals surface area contributed by atoms with E-state index in [1.165, 1.54) is 25.2 Å². The Hall–Kier alpha value is -4.00. The van der Waals surface area contributed by atoms with Crippen molar-refractivity contribution in [3.05, 3.63) is 89.9 Å². The van der Waals surface area contributed by atoms with Gasteiger partial charge in [-0.05, 0) is 43.2 Å². The second-order valence-corrected chi connectivity index (χ2v) is 7.47. The zero-order chi connectivity index (χ0) is 22.4. The highest BCUT2D eigenvalue weighted by Crippen LogP contribution is 2.31. The van der Waals surface area contributed by atoms with Gasteiger partial charge in [-0.3, -0.25) is 14.6 Å². The lowest BCUT2D eigenvalue weighted by molar-refractivity contribution is -0.145. The molecule has 1 unspecified atom stereocenters. The number of allylic oxidation sites excluding steroid dienone is 2. The molecule has 158 valence electrons. The average Bonchev–Trinajstić information content (AvgIpc) is 3.21. The maximum Gasteiger partial charge on any atom is 0.331 e. The Morgan fingerprint density at radius 2 is 1.97 bits per heavy atom. The lowest BCUT2D eigenvalue weighted by atomic mass is 9.80. The van der Waals surface area contributed by atoms with E-state index in [4.69, 9.17) is 10.2 Å². The first-order chi connectivity index (χ1) is 14.8. The van der Waals surface area contributed by atoms with E-state index in [0.29, 0.717) is 12.2 Å². The Kier molecular flexibility index (Phi) is 6.45. The monoisotopic (exact) mass is 418 g/mol. The maximum atomic E-state index is 10.9. The van der Waals surface area contributed by atoms with Gasteiger partial charge in [-0.1, -0.05) is 36.4 Å². The van der Waals surface area contributed by atoms with Gasteiger partial charge in [-0.2, -0.15) is 0 Å². The van der Waals surface area contributed by atoms with Crippen LogP contribution in [0.4, 0.5) is 0 Å². The van der Waals surface area contributed by atoms with E-state index in [0.717, 1.165) is 22.8 Å². The Balaban J connectivity index is 0.000000187. The molecular weight excluding hydrogens is 396 g/mol. The Labute approximate surface area is 179 Å². The summed E-state index contributed by atoms with van der Waals surface area (Å²) >= 11 is 0. The van der Waals surface area contributed by atoms with Crippen LogP contribution in [0.15, 0.2) is 78.7 Å². The summed E-state index contributed by atoms with van der Waals surface area (Å²) in [6.07, 6.45) is 9.06. The third-order valence-electron chi connectivity index (χ3n) is 5.07. The molecule has 0 aliphatic heterocycles. The van der Waals surface area contributed by atoms with Crippen molar-refractivity contribution in [2.75, 3.05) is 0 Å². The number of benzene rings is 1. The van der Waals surface area contributed by atoms with Gasteiger partial charge in [-0.15, -0.1) is 0 Å². The van der Waals surface area contributed by atoms with Gasteiger partial charge in [-0.25, -0.2) is 4.79 Å². The molecule has 0 saturated carbocycles. The fourth-order valence-corrected chi connectivity index (χ4v) is 3.26. The molecule has 2 N–H and O–H groups in total. The molecule has 3 aromatic rings. The molecule has 0 spiro atoms. The molecule has 0 radical (unpaired) electrons. The van der Waals surface area contributed by atoms with Crippen molar-refractivity contribution in [2.24, 2.45) is 5.41 Å². The maximum absolute atomic E-state index is 10.9. The molecular formula is C24H22N2O5. The number of rotatable bonds is 5. The molecule has 31 heavy (non-hydrogen) atoms. The number of fused-ring (bicyclic) bond motifs is 1. The highest BCUT2D eigenvalue weighted by Gasteiger charge is 2.34. The van der Waals surface area contributed by atoms with Crippen LogP contribution in [0.1, 0.15) is 29.4 Å². The minimum Gasteiger partial charge on any atom is -0.481 e. The lowest BCUT2D eigenvalue weighted by Gasteiger charge is -2.23. The number of nitrogens with zero attached hydrogens (tertiary/aromatic N) is 2. The molecule has 1 aliphatic carbocycles. The molecule has 1 aliphatic rings. The summed E-state index contributed by atoms with van der Waals surface area (Å²) in [6.45, 7) is 2.17. The standard InChI is InChI=1S/C15H12N2O.C9H10O4/c18-11-14-5-3-7-17(14)10-12-8-13-4-1-2-6-15(13)16-9-12;1-9(8(12)13)4-2-3-6(5-9)7(10)11/h1-9,11H,10H2;2-4H,5H2,1H3,(H,10,11)(H,12,13). The minimum atomic E-state index is -1.08. The van der Waals surface area contributed by atoms with Crippen molar-refractivity contribution >= 4 is 29.1 Å². The molecule has 0 saturated heterocycles. The van der Waals surface area contributed by atoms with Crippen LogP contribution in [-0.2, 0) is 16.1 Å². The zero-order valence-electron chi connectivity index (χ0n) is 16.9. The molecule has 2 aromatic heterocycles. The van der Waals surface area contributed by atoms with Crippen molar-refractivity contribution in [3.8, 4) is 0 Å². The van der Waals surface area contributed by atoms with Crippen molar-refractivity contribution < 1.29 is 24.6 Å². The summed E-state index contributed by atoms with van der Waals surface area (Å²) in [5.74, 6) is -2.06. The normalized spacial score (nSPS) is 17.4. The summed E-state index contributed by atoms with van der Waals surface area (Å²) in [5.41, 5.74) is 1.82. The van der Waals surface area contributed by atoms with Crippen LogP contribution in [0, 0.1) is 5.41 Å². The van der Waals surface area contributed by atoms with Crippen LogP contribution in [0.2, 0.25) is 0 Å². The molecule has 7 heteroatoms. The highest BCUT2D eigenvalue weighted by atomic mass is 16.4. The molecule has 0 amide bonds. The summed E-state index contributed by atoms with van der Waals surface area (Å²) in [6, 6.07) is 13.8. The number of pyridine rings is 1. The number of aldehydes is 1. The van der Waals surface area contributed by atoms with E-state index >= 15 is 0 Å². The van der Waals surface area contributed by atoms with E-state index in [2.05, 4.69) is 11.1 Å². The Morgan fingerprint density at radius 3 is 2.68 bits per heavy atom. The van der Waals surface area contributed by atoms with Crippen molar-refractivity contribution in [1.29, 1.82) is 0 Å². The zero-order valence-corrected chi connectivity index (χ0v) is 16.9. The van der Waals surface area contributed by atoms with E-state index < -0.39 is 17.4 Å². The number of carboxylic acids is 2. The number of carboxylic acid groups (broad SMARTS) is 2. The summed E-state index contributed by atoms with van der Waals surface area (Å²) in [5, 5.41) is 18.6. The average molecular weight is 418 g/mol. The summed E-state index contributed by atoms with van der Waals surface area (Å²) in [4.78, 5) is 36.6. The van der Waals surface area contributed by atoms with E-state index in [1.807, 2.05) is 53.4 Å². The van der Waals surface area contributed by atoms with Gasteiger partial charge in [0.1, 0.15) is 0 Å². The minimum absolute atomic E-state index is 0.0359. The predicted octanol–water partition coefficient (Wildman–Crippen LogP) is 3.95. The van der Waals surface area contributed by atoms with Gasteiger partial charge < -0.3 is 14.8 Å². The topological polar surface area (TPSA) is 109 Å². The quantitative estimate of drug-likeness (QED) is 0.607. The molecule has 0 bridgehead atoms. The van der Waals surface area contributed by atoms with E-state index in [-0.39, 0.29) is 12.0 Å². The molecule has 1 aromatic carbocycles. The molecule has 7 nitrogen and oxygen atoms in total. The van der Waals surface area contributed by atoms with Crippen molar-refractivity contribution in [3.63, 3.8) is 0 Å². The molecule has 1 atom stereocenters. The Bertz CT molecular complexity index is 1190. The van der Waals surface area contributed by atoms with Crippen LogP contribution < -0.4 is 0 Å². The van der Waals surface area contributed by atoms with Gasteiger partial charge in [0.05, 0.1) is 16.6 Å². The number of carbonyl (C=O) groups is 3. The first-order valence-electron chi connectivity index (χ1n) is 9.61. The largest absolute Gasteiger partial charge is 0.481 e. The molecule has 0 fully saturated rings. The number of hydrogen-bond donors (Lipinski definition) is 2. The van der Waals surface area contributed by atoms with Gasteiger partial charge in [0.2, 0.25) is 0 Å². The lowest BCUT2D eigenvalue weighted by Crippen LogP contribution is -2.28. The van der Waals surface area contributed by atoms with E-state index in [9.17, 15) is 14.4 Å². The Morgan fingerprint density at radius 1 is 1.19 bits per heavy atom. The first-order valence-corrected chi connectivity index (χ1v) is 9.61. The van der Waals surface area contributed by atoms with Crippen molar-refractivity contribution in [1.82, 2.24) is 9.55 Å². The number of aliphatic carboxylic acids is 2. The fourth-order valence-electron chi connectivity index (χ4n) is 3.26. The number of para-hydroxylation sites is 1. The van der Waals surface area contributed by atoms with Gasteiger partial charge in [0.25, 0.3) is 0 Å². The smallest absolute Gasteiger partial charge is 0.331 e. The molecule has 2 heterocycles. The van der Waals surface area contributed by atoms with Crippen LogP contribution in [0.5, 0.6) is 0 Å². The van der Waals surface area contributed by atoms with Gasteiger partial charge in [0.15, 0.2) is 6.29 Å². The van der Waals surface area contributed by atoms with Crippen LogP contribution in [-0.4, -0.2) is 38.0 Å². The van der Waals surface area contributed by atoms with Gasteiger partial charge >= 0.3 is 11.9 Å². The SMILES string of the molecule is CC1(C(=O)O)C=CC=C(C(=O)O)C1.O=Cc1cccn1Cc1cnc2ccccc2c1. The first kappa shape index (κ1) is 21.7. The van der Waals surface area contributed by atoms with Crippen LogP contribution >= 0.6 is 0 Å². The fraction of sp³-hybridized carbons (Fsp3) is 0.167. The summed E-state index contributed by atoms with van der Waals surface area (Å²) in [7, 11) is 0. The second kappa shape index (κ2) is 9.21. The van der Waals surface area contributed by atoms with Crippen LogP contribution in [0.3, 0.4) is 0 Å².